The van der Waals surface area contributed by atoms with Gasteiger partial charge in [0, 0.05) is 17.1 Å². The molecule has 24 heavy (non-hydrogen) atoms. The van der Waals surface area contributed by atoms with Gasteiger partial charge in [0.1, 0.15) is 5.75 Å². The second-order valence-corrected chi connectivity index (χ2v) is 7.88. The molecular formula is C16H15Cl2NO4S. The molecule has 5 nitrogen and oxygen atoms in total. The van der Waals surface area contributed by atoms with Crippen LogP contribution in [-0.2, 0) is 14.6 Å². The molecule has 0 saturated carbocycles. The number of carbonyl (C=O) groups is 1. The lowest BCUT2D eigenvalue weighted by molar-refractivity contribution is -0.115. The molecule has 0 fully saturated rings. The topological polar surface area (TPSA) is 72.5 Å². The van der Waals surface area contributed by atoms with Crippen LogP contribution in [0.1, 0.15) is 6.42 Å². The van der Waals surface area contributed by atoms with E-state index >= 15 is 0 Å². The number of carbonyl (C=O) groups excluding carboxylic acids is 1. The van der Waals surface area contributed by atoms with Crippen LogP contribution in [0.25, 0.3) is 0 Å². The SMILES string of the molecule is COc1ccc(S(=O)(=O)CCC(=O)Nc2cccc(Cl)c2)cc1Cl. The van der Waals surface area contributed by atoms with E-state index in [1.54, 1.807) is 24.3 Å². The van der Waals surface area contributed by atoms with Gasteiger partial charge < -0.3 is 10.1 Å². The molecule has 0 saturated heterocycles. The molecule has 128 valence electrons. The predicted octanol–water partition coefficient (Wildman–Crippen LogP) is 3.80. The number of anilines is 1. The van der Waals surface area contributed by atoms with Crippen LogP contribution in [0.15, 0.2) is 47.4 Å². The molecule has 0 bridgehead atoms. The maximum Gasteiger partial charge on any atom is 0.225 e. The summed E-state index contributed by atoms with van der Waals surface area (Å²) in [6, 6.07) is 10.8. The molecule has 0 aliphatic heterocycles. The Labute approximate surface area is 150 Å². The Morgan fingerprint density at radius 3 is 2.54 bits per heavy atom. The Bertz CT molecular complexity index is 853. The monoisotopic (exact) mass is 387 g/mol. The fourth-order valence-electron chi connectivity index (χ4n) is 1.98. The number of methoxy groups -OCH3 is 1. The number of nitrogens with one attached hydrogen (secondary N) is 1. The smallest absolute Gasteiger partial charge is 0.225 e. The number of rotatable bonds is 6. The van der Waals surface area contributed by atoms with Gasteiger partial charge in [-0.15, -0.1) is 0 Å². The number of sulfone groups is 1. The van der Waals surface area contributed by atoms with Crippen LogP contribution in [0.5, 0.6) is 5.75 Å². The number of amides is 1. The quantitative estimate of drug-likeness (QED) is 0.817. The van der Waals surface area contributed by atoms with E-state index in [2.05, 4.69) is 5.32 Å². The van der Waals surface area contributed by atoms with Crippen molar-refractivity contribution in [1.29, 1.82) is 0 Å². The van der Waals surface area contributed by atoms with Crippen molar-refractivity contribution < 1.29 is 17.9 Å². The van der Waals surface area contributed by atoms with E-state index < -0.39 is 15.7 Å². The summed E-state index contributed by atoms with van der Waals surface area (Å²) >= 11 is 11.8. The van der Waals surface area contributed by atoms with Crippen LogP contribution >= 0.6 is 23.2 Å². The van der Waals surface area contributed by atoms with Gasteiger partial charge in [-0.1, -0.05) is 29.3 Å². The molecule has 2 rings (SSSR count). The third kappa shape index (κ3) is 4.87. The molecule has 0 aromatic heterocycles. The highest BCUT2D eigenvalue weighted by Crippen LogP contribution is 2.27. The number of benzene rings is 2. The average Bonchev–Trinajstić information content (AvgIpc) is 2.53. The third-order valence-electron chi connectivity index (χ3n) is 3.19. The number of hydrogen-bond donors (Lipinski definition) is 1. The summed E-state index contributed by atoms with van der Waals surface area (Å²) in [6.07, 6.45) is -0.182. The minimum atomic E-state index is -3.63. The van der Waals surface area contributed by atoms with Crippen molar-refractivity contribution in [3.63, 3.8) is 0 Å². The average molecular weight is 388 g/mol. The summed E-state index contributed by atoms with van der Waals surface area (Å²) in [5, 5.41) is 3.28. The van der Waals surface area contributed by atoms with Crippen molar-refractivity contribution in [2.75, 3.05) is 18.2 Å². The van der Waals surface area contributed by atoms with Gasteiger partial charge in [0.2, 0.25) is 5.91 Å². The van der Waals surface area contributed by atoms with Crippen LogP contribution < -0.4 is 10.1 Å². The fraction of sp³-hybridized carbons (Fsp3) is 0.188. The molecule has 0 atom stereocenters. The molecular weight excluding hydrogens is 373 g/mol. The van der Waals surface area contributed by atoms with Crippen LogP contribution in [0.3, 0.4) is 0 Å². The Morgan fingerprint density at radius 1 is 1.17 bits per heavy atom. The van der Waals surface area contributed by atoms with Crippen molar-refractivity contribution in [2.24, 2.45) is 0 Å². The van der Waals surface area contributed by atoms with Gasteiger partial charge >= 0.3 is 0 Å². The molecule has 0 unspecified atom stereocenters. The predicted molar refractivity (Wildman–Crippen MR) is 94.8 cm³/mol. The van der Waals surface area contributed by atoms with Gasteiger partial charge in [-0.05, 0) is 36.4 Å². The van der Waals surface area contributed by atoms with Gasteiger partial charge in [0.05, 0.1) is 22.8 Å². The molecule has 2 aromatic rings. The summed E-state index contributed by atoms with van der Waals surface area (Å²) in [4.78, 5) is 11.9. The molecule has 0 heterocycles. The maximum absolute atomic E-state index is 12.3. The molecule has 0 aliphatic carbocycles. The first-order chi connectivity index (χ1) is 11.3. The van der Waals surface area contributed by atoms with E-state index in [1.807, 2.05) is 0 Å². The standard InChI is InChI=1S/C16H15Cl2NO4S/c1-23-15-6-5-13(10-14(15)18)24(21,22)8-7-16(20)19-12-4-2-3-11(17)9-12/h2-6,9-10H,7-8H2,1H3,(H,19,20). The number of halogens is 2. The van der Waals surface area contributed by atoms with Crippen LogP contribution in [-0.4, -0.2) is 27.2 Å². The first-order valence-electron chi connectivity index (χ1n) is 6.93. The van der Waals surface area contributed by atoms with Gasteiger partial charge in [0.15, 0.2) is 9.84 Å². The highest BCUT2D eigenvalue weighted by Gasteiger charge is 2.18. The second-order valence-electron chi connectivity index (χ2n) is 4.92. The van der Waals surface area contributed by atoms with E-state index in [0.29, 0.717) is 16.5 Å². The van der Waals surface area contributed by atoms with Crippen molar-refractivity contribution in [3.8, 4) is 5.75 Å². The zero-order valence-corrected chi connectivity index (χ0v) is 15.1. The van der Waals surface area contributed by atoms with Crippen molar-refractivity contribution in [3.05, 3.63) is 52.5 Å². The highest BCUT2D eigenvalue weighted by atomic mass is 35.5. The molecule has 0 aliphatic rings. The third-order valence-corrected chi connectivity index (χ3v) is 5.43. The minimum Gasteiger partial charge on any atom is -0.495 e. The summed E-state index contributed by atoms with van der Waals surface area (Å²) in [7, 11) is -2.19. The van der Waals surface area contributed by atoms with Gasteiger partial charge in [-0.2, -0.15) is 0 Å². The number of ether oxygens (including phenoxy) is 1. The van der Waals surface area contributed by atoms with Crippen molar-refractivity contribution >= 4 is 44.6 Å². The van der Waals surface area contributed by atoms with Crippen LogP contribution in [0.4, 0.5) is 5.69 Å². The summed E-state index contributed by atoms with van der Waals surface area (Å²) in [6.45, 7) is 0. The lowest BCUT2D eigenvalue weighted by Crippen LogP contribution is -2.17. The van der Waals surface area contributed by atoms with Gasteiger partial charge in [-0.3, -0.25) is 4.79 Å². The van der Waals surface area contributed by atoms with E-state index in [9.17, 15) is 13.2 Å². The largest absolute Gasteiger partial charge is 0.495 e. The summed E-state index contributed by atoms with van der Waals surface area (Å²) < 4.78 is 29.6. The Hall–Kier alpha value is -1.76. The zero-order valence-electron chi connectivity index (χ0n) is 12.8. The first-order valence-corrected chi connectivity index (χ1v) is 9.34. The summed E-state index contributed by atoms with van der Waals surface area (Å²) in [5.41, 5.74) is 0.511. The van der Waals surface area contributed by atoms with Crippen LogP contribution in [0, 0.1) is 0 Å². The van der Waals surface area contributed by atoms with Crippen LogP contribution in [0.2, 0.25) is 10.0 Å². The number of hydrogen-bond acceptors (Lipinski definition) is 4. The Kier molecular flexibility index (Phi) is 6.10. The summed E-state index contributed by atoms with van der Waals surface area (Å²) in [5.74, 6) is -0.364. The molecule has 1 amide bonds. The van der Waals surface area contributed by atoms with E-state index in [0.717, 1.165) is 0 Å². The fourth-order valence-corrected chi connectivity index (χ4v) is 3.75. The first kappa shape index (κ1) is 18.6. The Balaban J connectivity index is 2.02. The lowest BCUT2D eigenvalue weighted by Gasteiger charge is -2.08. The van der Waals surface area contributed by atoms with E-state index in [1.165, 1.54) is 25.3 Å². The molecule has 8 heteroatoms. The Morgan fingerprint density at radius 2 is 1.92 bits per heavy atom. The molecule has 2 aromatic carbocycles. The van der Waals surface area contributed by atoms with E-state index in [-0.39, 0.29) is 22.1 Å². The lowest BCUT2D eigenvalue weighted by atomic mass is 10.3. The zero-order chi connectivity index (χ0) is 17.7. The highest BCUT2D eigenvalue weighted by molar-refractivity contribution is 7.91. The minimum absolute atomic E-state index is 0.0452. The van der Waals surface area contributed by atoms with Gasteiger partial charge in [0.25, 0.3) is 0 Å². The second kappa shape index (κ2) is 7.88. The van der Waals surface area contributed by atoms with Gasteiger partial charge in [-0.25, -0.2) is 8.42 Å². The molecule has 0 spiro atoms. The van der Waals surface area contributed by atoms with Crippen molar-refractivity contribution in [1.82, 2.24) is 0 Å². The molecule has 1 N–H and O–H groups in total. The molecule has 0 radical (unpaired) electrons. The normalized spacial score (nSPS) is 11.1. The maximum atomic E-state index is 12.3. The van der Waals surface area contributed by atoms with E-state index in [4.69, 9.17) is 27.9 Å². The van der Waals surface area contributed by atoms with Crippen molar-refractivity contribution in [2.45, 2.75) is 11.3 Å².